The summed E-state index contributed by atoms with van der Waals surface area (Å²) < 4.78 is 4.56. The van der Waals surface area contributed by atoms with Crippen molar-refractivity contribution < 1.29 is 14.3 Å². The van der Waals surface area contributed by atoms with Crippen LogP contribution in [0.4, 0.5) is 5.69 Å². The number of carbonyl (C=O) groups excluding carboxylic acids is 2. The number of benzene rings is 2. The molecule has 1 aliphatic heterocycles. The second-order valence-electron chi connectivity index (χ2n) is 5.41. The molecule has 0 saturated carbocycles. The maximum absolute atomic E-state index is 13.2. The molecule has 24 heavy (non-hydrogen) atoms. The van der Waals surface area contributed by atoms with Gasteiger partial charge in [-0.05, 0) is 34.5 Å². The lowest BCUT2D eigenvalue weighted by Gasteiger charge is -2.38. The standard InChI is InChI=1S/C18H15Br2NO3/c1-3-21-14-10-15(24-2)13(19)9-12(14)16(22)18(20,17(21)23)11-7-5-4-6-8-11/h4-10H,3H2,1-2H3. The number of halogens is 2. The fourth-order valence-electron chi connectivity index (χ4n) is 2.92. The van der Waals surface area contributed by atoms with Crippen LogP contribution in [0, 0.1) is 0 Å². The number of likely N-dealkylation sites (N-methyl/N-ethyl adjacent to an activating group) is 1. The molecule has 0 radical (unpaired) electrons. The molecule has 0 aliphatic carbocycles. The third-order valence-electron chi connectivity index (χ3n) is 4.15. The third-order valence-corrected chi connectivity index (χ3v) is 5.92. The molecular formula is C18H15Br2NO3. The van der Waals surface area contributed by atoms with E-state index >= 15 is 0 Å². The molecule has 1 atom stereocenters. The molecule has 0 spiro atoms. The van der Waals surface area contributed by atoms with Gasteiger partial charge in [-0.1, -0.05) is 46.3 Å². The number of Topliss-reactive ketones (excluding diaryl/α,β-unsaturated/α-hetero) is 1. The summed E-state index contributed by atoms with van der Waals surface area (Å²) in [5.41, 5.74) is 1.67. The normalized spacial score (nSPS) is 20.1. The fourth-order valence-corrected chi connectivity index (χ4v) is 4.12. The van der Waals surface area contributed by atoms with Crippen LogP contribution in [-0.2, 0) is 9.12 Å². The van der Waals surface area contributed by atoms with Crippen LogP contribution in [-0.4, -0.2) is 25.3 Å². The minimum Gasteiger partial charge on any atom is -0.495 e. The van der Waals surface area contributed by atoms with Gasteiger partial charge in [-0.2, -0.15) is 0 Å². The van der Waals surface area contributed by atoms with E-state index in [9.17, 15) is 9.59 Å². The Morgan fingerprint density at radius 3 is 2.42 bits per heavy atom. The molecule has 0 saturated heterocycles. The van der Waals surface area contributed by atoms with E-state index in [1.165, 1.54) is 0 Å². The van der Waals surface area contributed by atoms with E-state index in [2.05, 4.69) is 31.9 Å². The Labute approximate surface area is 157 Å². The Balaban J connectivity index is 2.27. The van der Waals surface area contributed by atoms with E-state index in [-0.39, 0.29) is 11.7 Å². The molecule has 1 aliphatic rings. The van der Waals surface area contributed by atoms with Gasteiger partial charge in [-0.3, -0.25) is 9.59 Å². The summed E-state index contributed by atoms with van der Waals surface area (Å²) in [6, 6.07) is 12.5. The van der Waals surface area contributed by atoms with Gasteiger partial charge in [0, 0.05) is 18.2 Å². The number of ether oxygens (including phenoxy) is 1. The summed E-state index contributed by atoms with van der Waals surface area (Å²) in [5, 5.41) is 0. The number of carbonyl (C=O) groups is 2. The lowest BCUT2D eigenvalue weighted by atomic mass is 9.84. The molecule has 0 fully saturated rings. The zero-order valence-electron chi connectivity index (χ0n) is 13.2. The molecule has 4 nitrogen and oxygen atoms in total. The highest BCUT2D eigenvalue weighted by atomic mass is 79.9. The molecule has 2 aromatic rings. The number of hydrogen-bond donors (Lipinski definition) is 0. The van der Waals surface area contributed by atoms with Crippen LogP contribution in [0.2, 0.25) is 0 Å². The van der Waals surface area contributed by atoms with Gasteiger partial charge in [0.1, 0.15) is 5.75 Å². The molecule has 124 valence electrons. The SMILES string of the molecule is CCN1C(=O)C(Br)(c2ccccc2)C(=O)c2cc(Br)c(OC)cc21. The van der Waals surface area contributed by atoms with Crippen LogP contribution in [0.3, 0.4) is 0 Å². The maximum Gasteiger partial charge on any atom is 0.256 e. The number of nitrogens with zero attached hydrogens (tertiary/aromatic N) is 1. The molecule has 1 unspecified atom stereocenters. The van der Waals surface area contributed by atoms with Crippen molar-refractivity contribution in [1.82, 2.24) is 0 Å². The summed E-state index contributed by atoms with van der Waals surface area (Å²) in [6.45, 7) is 2.33. The Hall–Kier alpha value is -1.66. The Kier molecular flexibility index (Phi) is 4.53. The van der Waals surface area contributed by atoms with Gasteiger partial charge in [0.15, 0.2) is 10.1 Å². The Bertz CT molecular complexity index is 823. The van der Waals surface area contributed by atoms with E-state index < -0.39 is 4.32 Å². The van der Waals surface area contributed by atoms with Crippen molar-refractivity contribution in [2.75, 3.05) is 18.6 Å². The molecule has 0 N–H and O–H groups in total. The minimum absolute atomic E-state index is 0.276. The second-order valence-corrected chi connectivity index (χ2v) is 7.45. The number of amides is 1. The Morgan fingerprint density at radius 1 is 1.17 bits per heavy atom. The fraction of sp³-hybridized carbons (Fsp3) is 0.222. The second kappa shape index (κ2) is 6.33. The number of alkyl halides is 1. The van der Waals surface area contributed by atoms with Crippen LogP contribution in [0.1, 0.15) is 22.8 Å². The molecule has 3 rings (SSSR count). The van der Waals surface area contributed by atoms with Crippen molar-refractivity contribution in [3.63, 3.8) is 0 Å². The highest BCUT2D eigenvalue weighted by Crippen LogP contribution is 2.46. The Morgan fingerprint density at radius 2 is 1.83 bits per heavy atom. The largest absolute Gasteiger partial charge is 0.495 e. The van der Waals surface area contributed by atoms with Crippen LogP contribution < -0.4 is 9.64 Å². The smallest absolute Gasteiger partial charge is 0.256 e. The lowest BCUT2D eigenvalue weighted by molar-refractivity contribution is -0.120. The summed E-state index contributed by atoms with van der Waals surface area (Å²) in [6.07, 6.45) is 0. The van der Waals surface area contributed by atoms with E-state index in [0.717, 1.165) is 0 Å². The predicted octanol–water partition coefficient (Wildman–Crippen LogP) is 4.30. The number of fused-ring (bicyclic) bond motifs is 1. The zero-order valence-corrected chi connectivity index (χ0v) is 16.3. The molecule has 0 aromatic heterocycles. The highest BCUT2D eigenvalue weighted by molar-refractivity contribution is 9.10. The van der Waals surface area contributed by atoms with Gasteiger partial charge in [0.05, 0.1) is 17.3 Å². The van der Waals surface area contributed by atoms with Crippen molar-refractivity contribution in [2.45, 2.75) is 11.2 Å². The summed E-state index contributed by atoms with van der Waals surface area (Å²) in [7, 11) is 1.55. The first-order valence-electron chi connectivity index (χ1n) is 7.43. The van der Waals surface area contributed by atoms with Gasteiger partial charge in [0.25, 0.3) is 5.91 Å². The number of rotatable bonds is 3. The van der Waals surface area contributed by atoms with Crippen LogP contribution in [0.15, 0.2) is 46.9 Å². The van der Waals surface area contributed by atoms with Gasteiger partial charge >= 0.3 is 0 Å². The summed E-state index contributed by atoms with van der Waals surface area (Å²) in [4.78, 5) is 28.0. The lowest BCUT2D eigenvalue weighted by Crippen LogP contribution is -2.52. The van der Waals surface area contributed by atoms with Crippen molar-refractivity contribution in [1.29, 1.82) is 0 Å². The van der Waals surface area contributed by atoms with E-state index in [0.29, 0.717) is 33.6 Å². The number of methoxy groups -OCH3 is 1. The monoisotopic (exact) mass is 451 g/mol. The van der Waals surface area contributed by atoms with Crippen LogP contribution in [0.5, 0.6) is 5.75 Å². The zero-order chi connectivity index (χ0) is 17.5. The molecule has 2 aromatic carbocycles. The first kappa shape index (κ1) is 17.2. The van der Waals surface area contributed by atoms with Crippen molar-refractivity contribution in [3.05, 3.63) is 58.1 Å². The van der Waals surface area contributed by atoms with Crippen molar-refractivity contribution in [2.24, 2.45) is 0 Å². The van der Waals surface area contributed by atoms with Crippen LogP contribution >= 0.6 is 31.9 Å². The van der Waals surface area contributed by atoms with Gasteiger partial charge in [-0.25, -0.2) is 0 Å². The topological polar surface area (TPSA) is 46.6 Å². The average molecular weight is 453 g/mol. The number of hydrogen-bond acceptors (Lipinski definition) is 3. The summed E-state index contributed by atoms with van der Waals surface area (Å²) in [5.74, 6) is 0.00871. The predicted molar refractivity (Wildman–Crippen MR) is 100 cm³/mol. The van der Waals surface area contributed by atoms with Crippen molar-refractivity contribution >= 4 is 49.2 Å². The molecule has 1 heterocycles. The quantitative estimate of drug-likeness (QED) is 0.515. The van der Waals surface area contributed by atoms with E-state index in [1.807, 2.05) is 25.1 Å². The van der Waals surface area contributed by atoms with E-state index in [1.54, 1.807) is 36.3 Å². The first-order chi connectivity index (χ1) is 11.4. The van der Waals surface area contributed by atoms with Gasteiger partial charge < -0.3 is 9.64 Å². The number of anilines is 1. The average Bonchev–Trinajstić information content (AvgIpc) is 2.61. The van der Waals surface area contributed by atoms with Crippen molar-refractivity contribution in [3.8, 4) is 5.75 Å². The van der Waals surface area contributed by atoms with E-state index in [4.69, 9.17) is 4.74 Å². The molecular weight excluding hydrogens is 438 g/mol. The van der Waals surface area contributed by atoms with Gasteiger partial charge in [0.2, 0.25) is 0 Å². The number of ketones is 1. The minimum atomic E-state index is -1.41. The highest BCUT2D eigenvalue weighted by Gasteiger charge is 2.52. The first-order valence-corrected chi connectivity index (χ1v) is 9.02. The molecule has 6 heteroatoms. The summed E-state index contributed by atoms with van der Waals surface area (Å²) >= 11 is 6.88. The molecule has 1 amide bonds. The third kappa shape index (κ3) is 2.40. The maximum atomic E-state index is 13.2. The molecule has 0 bridgehead atoms. The van der Waals surface area contributed by atoms with Gasteiger partial charge in [-0.15, -0.1) is 0 Å². The van der Waals surface area contributed by atoms with Crippen LogP contribution in [0.25, 0.3) is 0 Å².